The first-order valence-electron chi connectivity index (χ1n) is 6.65. The minimum absolute atomic E-state index is 0.173. The van der Waals surface area contributed by atoms with Crippen molar-refractivity contribution in [2.75, 3.05) is 6.26 Å². The first-order valence-corrected chi connectivity index (χ1v) is 11.2. The maximum absolute atomic E-state index is 14.6. The van der Waals surface area contributed by atoms with Gasteiger partial charge in [-0.15, -0.1) is 11.8 Å². The lowest BCUT2D eigenvalue weighted by Gasteiger charge is -2.13. The largest absolute Gasteiger partial charge is 0.453 e. The van der Waals surface area contributed by atoms with E-state index in [1.54, 1.807) is 13.0 Å². The van der Waals surface area contributed by atoms with E-state index in [1.807, 2.05) is 22.5 Å². The standard InChI is InChI=1S/C16H12F2INOS2/c1-9-7-10(3-4-12(9)17)21-15-13(18)8-14-11(16(15)22-2)5-6-20(14)23-19/h3-8H,1-2H3. The second-order valence-electron chi connectivity index (χ2n) is 4.88. The van der Waals surface area contributed by atoms with Gasteiger partial charge in [0.2, 0.25) is 0 Å². The summed E-state index contributed by atoms with van der Waals surface area (Å²) in [5.74, 6) is -0.156. The second-order valence-corrected chi connectivity index (χ2v) is 7.41. The van der Waals surface area contributed by atoms with Crippen LogP contribution in [0.1, 0.15) is 5.56 Å². The molecule has 0 spiro atoms. The Balaban J connectivity index is 2.12. The summed E-state index contributed by atoms with van der Waals surface area (Å²) >= 11 is 3.58. The maximum Gasteiger partial charge on any atom is 0.177 e. The summed E-state index contributed by atoms with van der Waals surface area (Å²) in [6.07, 6.45) is 3.78. The normalized spacial score (nSPS) is 11.2. The minimum atomic E-state index is -0.436. The van der Waals surface area contributed by atoms with Crippen molar-refractivity contribution in [3.8, 4) is 11.5 Å². The maximum atomic E-state index is 14.6. The van der Waals surface area contributed by atoms with Gasteiger partial charge in [-0.2, -0.15) is 0 Å². The summed E-state index contributed by atoms with van der Waals surface area (Å²) < 4.78 is 35.6. The van der Waals surface area contributed by atoms with E-state index in [-0.39, 0.29) is 11.6 Å². The molecule has 0 unspecified atom stereocenters. The highest BCUT2D eigenvalue weighted by Crippen LogP contribution is 2.41. The Hall–Kier alpha value is -0.930. The Labute approximate surface area is 153 Å². The molecule has 2 aromatic carbocycles. The number of rotatable bonds is 4. The number of hydrogen-bond donors (Lipinski definition) is 0. The number of thioether (sulfide) groups is 1. The van der Waals surface area contributed by atoms with E-state index in [9.17, 15) is 8.78 Å². The van der Waals surface area contributed by atoms with E-state index in [0.29, 0.717) is 11.3 Å². The van der Waals surface area contributed by atoms with E-state index in [0.717, 1.165) is 15.8 Å². The van der Waals surface area contributed by atoms with Crippen LogP contribution in [0.15, 0.2) is 41.4 Å². The topological polar surface area (TPSA) is 14.2 Å². The molecule has 0 aliphatic carbocycles. The third-order valence-corrected chi connectivity index (χ3v) is 6.00. The summed E-state index contributed by atoms with van der Waals surface area (Å²) in [7, 11) is 1.47. The van der Waals surface area contributed by atoms with E-state index in [4.69, 9.17) is 4.74 Å². The molecule has 3 rings (SSSR count). The van der Waals surface area contributed by atoms with Crippen molar-refractivity contribution in [3.05, 3.63) is 53.7 Å². The van der Waals surface area contributed by atoms with Crippen molar-refractivity contribution in [2.45, 2.75) is 11.8 Å². The van der Waals surface area contributed by atoms with Crippen molar-refractivity contribution in [1.82, 2.24) is 3.97 Å². The minimum Gasteiger partial charge on any atom is -0.453 e. The summed E-state index contributed by atoms with van der Waals surface area (Å²) in [5.41, 5.74) is 1.26. The second kappa shape index (κ2) is 6.90. The Morgan fingerprint density at radius 1 is 1.13 bits per heavy atom. The molecule has 0 atom stereocenters. The molecule has 0 radical (unpaired) electrons. The van der Waals surface area contributed by atoms with E-state index >= 15 is 0 Å². The molecule has 1 aromatic heterocycles. The van der Waals surface area contributed by atoms with Crippen molar-refractivity contribution < 1.29 is 13.5 Å². The number of aryl methyl sites for hydroxylation is 1. The molecule has 7 heteroatoms. The molecular weight excluding hydrogens is 451 g/mol. The van der Waals surface area contributed by atoms with Crippen LogP contribution in [0.25, 0.3) is 10.9 Å². The van der Waals surface area contributed by atoms with Gasteiger partial charge >= 0.3 is 0 Å². The summed E-state index contributed by atoms with van der Waals surface area (Å²) in [6, 6.07) is 7.79. The number of fused-ring (bicyclic) bond motifs is 1. The van der Waals surface area contributed by atoms with Crippen LogP contribution >= 0.6 is 42.1 Å². The average molecular weight is 463 g/mol. The molecule has 0 fully saturated rings. The Morgan fingerprint density at radius 2 is 1.91 bits per heavy atom. The van der Waals surface area contributed by atoms with Gasteiger partial charge in [0, 0.05) is 48.0 Å². The van der Waals surface area contributed by atoms with Crippen molar-refractivity contribution in [1.29, 1.82) is 0 Å². The number of halogens is 3. The molecule has 0 amide bonds. The highest BCUT2D eigenvalue weighted by Gasteiger charge is 2.18. The van der Waals surface area contributed by atoms with Gasteiger partial charge in [-0.05, 0) is 43.0 Å². The molecular formula is C16H12F2INOS2. The molecule has 0 saturated heterocycles. The Kier molecular flexibility index (Phi) is 5.07. The van der Waals surface area contributed by atoms with Gasteiger partial charge in [0.1, 0.15) is 11.6 Å². The highest BCUT2D eigenvalue weighted by molar-refractivity contribution is 14.2. The molecule has 3 aromatic rings. The van der Waals surface area contributed by atoms with Crippen molar-refractivity contribution in [3.63, 3.8) is 0 Å². The SMILES string of the molecule is CSc1c(Oc2ccc(F)c(C)c2)c(F)cc2c1ccn2SI. The van der Waals surface area contributed by atoms with Crippen LogP contribution < -0.4 is 4.74 Å². The van der Waals surface area contributed by atoms with Gasteiger partial charge in [0.15, 0.2) is 11.6 Å². The van der Waals surface area contributed by atoms with Gasteiger partial charge in [0.05, 0.1) is 10.4 Å². The molecule has 0 aliphatic heterocycles. The molecule has 2 nitrogen and oxygen atoms in total. The third-order valence-electron chi connectivity index (χ3n) is 3.45. The number of hydrogen-bond acceptors (Lipinski definition) is 3. The van der Waals surface area contributed by atoms with Crippen molar-refractivity contribution >= 4 is 53.0 Å². The predicted molar refractivity (Wildman–Crippen MR) is 102 cm³/mol. The zero-order valence-corrected chi connectivity index (χ0v) is 16.1. The van der Waals surface area contributed by atoms with Gasteiger partial charge in [-0.1, -0.05) is 0 Å². The van der Waals surface area contributed by atoms with Crippen LogP contribution in [0, 0.1) is 18.6 Å². The smallest absolute Gasteiger partial charge is 0.177 e. The lowest BCUT2D eigenvalue weighted by Crippen LogP contribution is -1.94. The van der Waals surface area contributed by atoms with E-state index in [2.05, 4.69) is 21.2 Å². The fourth-order valence-electron chi connectivity index (χ4n) is 2.33. The molecule has 0 N–H and O–H groups in total. The molecule has 0 aliphatic rings. The summed E-state index contributed by atoms with van der Waals surface area (Å²) in [4.78, 5) is 0.728. The van der Waals surface area contributed by atoms with Crippen LogP contribution in [-0.4, -0.2) is 10.2 Å². The molecule has 120 valence electrons. The lowest BCUT2D eigenvalue weighted by molar-refractivity contribution is 0.431. The van der Waals surface area contributed by atoms with Gasteiger partial charge in [0.25, 0.3) is 0 Å². The highest BCUT2D eigenvalue weighted by atomic mass is 127. The zero-order valence-electron chi connectivity index (χ0n) is 12.3. The third kappa shape index (κ3) is 3.18. The first kappa shape index (κ1) is 16.9. The fraction of sp³-hybridized carbons (Fsp3) is 0.125. The molecule has 0 saturated carbocycles. The fourth-order valence-corrected chi connectivity index (χ4v) is 4.41. The Morgan fingerprint density at radius 3 is 2.57 bits per heavy atom. The summed E-state index contributed by atoms with van der Waals surface area (Å²) in [6.45, 7) is 1.65. The predicted octanol–water partition coefficient (Wildman–Crippen LogP) is 6.59. The molecule has 0 bridgehead atoms. The number of ether oxygens (including phenoxy) is 1. The average Bonchev–Trinajstić information content (AvgIpc) is 2.94. The van der Waals surface area contributed by atoms with Crippen molar-refractivity contribution in [2.24, 2.45) is 0 Å². The zero-order chi connectivity index (χ0) is 16.6. The van der Waals surface area contributed by atoms with E-state index < -0.39 is 5.82 Å². The molecule has 1 heterocycles. The van der Waals surface area contributed by atoms with Crippen LogP contribution in [0.4, 0.5) is 8.78 Å². The van der Waals surface area contributed by atoms with Gasteiger partial charge in [-0.3, -0.25) is 3.97 Å². The first-order chi connectivity index (χ1) is 11.0. The number of nitrogens with zero attached hydrogens (tertiary/aromatic N) is 1. The van der Waals surface area contributed by atoms with Gasteiger partial charge in [-0.25, -0.2) is 8.78 Å². The van der Waals surface area contributed by atoms with Crippen LogP contribution in [0.5, 0.6) is 11.5 Å². The number of benzene rings is 2. The van der Waals surface area contributed by atoms with Crippen LogP contribution in [0.2, 0.25) is 0 Å². The van der Waals surface area contributed by atoms with Gasteiger partial charge < -0.3 is 4.74 Å². The van der Waals surface area contributed by atoms with E-state index in [1.165, 1.54) is 39.1 Å². The summed E-state index contributed by atoms with van der Waals surface area (Å²) in [5, 5.41) is 0.928. The Bertz CT molecular complexity index is 882. The molecule has 23 heavy (non-hydrogen) atoms. The number of aromatic nitrogens is 1. The lowest BCUT2D eigenvalue weighted by atomic mass is 10.2. The van der Waals surface area contributed by atoms with Crippen LogP contribution in [0.3, 0.4) is 0 Å². The quantitative estimate of drug-likeness (QED) is 0.321. The van der Waals surface area contributed by atoms with Crippen LogP contribution in [-0.2, 0) is 0 Å². The monoisotopic (exact) mass is 463 g/mol.